The molecule has 0 saturated carbocycles. The molecule has 4 rings (SSSR count). The van der Waals surface area contributed by atoms with Gasteiger partial charge in [-0.15, -0.1) is 0 Å². The van der Waals surface area contributed by atoms with E-state index in [0.717, 1.165) is 44.0 Å². The smallest absolute Gasteiger partial charge is 0.317 e. The van der Waals surface area contributed by atoms with Gasteiger partial charge in [0.05, 0.1) is 6.04 Å². The van der Waals surface area contributed by atoms with Crippen LogP contribution >= 0.6 is 0 Å². The standard InChI is InChI=1S/C17H23FN4O/c18-15-4-3-5-16(21-6-1-2-7-21)14(15)12-20-8-9-22-13(11-20)10-19-17(22)23/h3-5,13H,1-2,6-12H2,(H,19,23). The highest BCUT2D eigenvalue weighted by atomic mass is 19.1. The average molecular weight is 318 g/mol. The minimum Gasteiger partial charge on any atom is -0.371 e. The predicted octanol–water partition coefficient (Wildman–Crippen LogP) is 1.64. The van der Waals surface area contributed by atoms with Gasteiger partial charge in [-0.1, -0.05) is 6.07 Å². The fourth-order valence-corrected chi connectivity index (χ4v) is 3.99. The highest BCUT2D eigenvalue weighted by Crippen LogP contribution is 2.28. The van der Waals surface area contributed by atoms with Crippen LogP contribution in [0.2, 0.25) is 0 Å². The Kier molecular flexibility index (Phi) is 3.85. The molecule has 1 aromatic carbocycles. The third-order valence-corrected chi connectivity index (χ3v) is 5.24. The first-order chi connectivity index (χ1) is 11.2. The summed E-state index contributed by atoms with van der Waals surface area (Å²) in [5.74, 6) is -0.113. The van der Waals surface area contributed by atoms with Gasteiger partial charge >= 0.3 is 6.03 Å². The van der Waals surface area contributed by atoms with Crippen molar-refractivity contribution in [2.75, 3.05) is 44.2 Å². The molecular formula is C17H23FN4O. The summed E-state index contributed by atoms with van der Waals surface area (Å²) in [6, 6.07) is 5.67. The first-order valence-corrected chi connectivity index (χ1v) is 8.51. The Balaban J connectivity index is 1.51. The number of urea groups is 1. The topological polar surface area (TPSA) is 38.8 Å². The minimum absolute atomic E-state index is 0.0401. The van der Waals surface area contributed by atoms with Gasteiger partial charge in [0.15, 0.2) is 0 Å². The Bertz CT molecular complexity index is 602. The molecule has 3 fully saturated rings. The molecule has 3 aliphatic rings. The monoisotopic (exact) mass is 318 g/mol. The molecule has 23 heavy (non-hydrogen) atoms. The van der Waals surface area contributed by atoms with E-state index in [0.29, 0.717) is 13.1 Å². The number of amides is 2. The lowest BCUT2D eigenvalue weighted by atomic mass is 10.1. The van der Waals surface area contributed by atoms with Crippen LogP contribution in [0.1, 0.15) is 18.4 Å². The van der Waals surface area contributed by atoms with E-state index >= 15 is 0 Å². The number of piperazine rings is 1. The maximum atomic E-state index is 14.5. The summed E-state index contributed by atoms with van der Waals surface area (Å²) < 4.78 is 14.5. The Hall–Kier alpha value is -1.82. The maximum absolute atomic E-state index is 14.5. The van der Waals surface area contributed by atoms with Crippen molar-refractivity contribution < 1.29 is 9.18 Å². The van der Waals surface area contributed by atoms with Gasteiger partial charge in [0, 0.05) is 57.1 Å². The summed E-state index contributed by atoms with van der Waals surface area (Å²) >= 11 is 0. The van der Waals surface area contributed by atoms with Gasteiger partial charge in [0.25, 0.3) is 0 Å². The molecular weight excluding hydrogens is 295 g/mol. The third kappa shape index (κ3) is 2.76. The average Bonchev–Trinajstić information content (AvgIpc) is 3.20. The number of carbonyl (C=O) groups is 1. The minimum atomic E-state index is -0.113. The second kappa shape index (κ2) is 6.00. The quantitative estimate of drug-likeness (QED) is 0.921. The molecule has 3 saturated heterocycles. The molecule has 5 nitrogen and oxygen atoms in total. The van der Waals surface area contributed by atoms with Crippen LogP contribution in [0.5, 0.6) is 0 Å². The van der Waals surface area contributed by atoms with Gasteiger partial charge in [-0.25, -0.2) is 9.18 Å². The van der Waals surface area contributed by atoms with E-state index in [4.69, 9.17) is 0 Å². The van der Waals surface area contributed by atoms with Crippen molar-refractivity contribution in [3.05, 3.63) is 29.6 Å². The van der Waals surface area contributed by atoms with Gasteiger partial charge < -0.3 is 15.1 Å². The summed E-state index contributed by atoms with van der Waals surface area (Å²) in [6.07, 6.45) is 2.37. The lowest BCUT2D eigenvalue weighted by Crippen LogP contribution is -2.51. The first kappa shape index (κ1) is 14.8. The van der Waals surface area contributed by atoms with Crippen molar-refractivity contribution in [1.82, 2.24) is 15.1 Å². The van der Waals surface area contributed by atoms with Gasteiger partial charge in [0.1, 0.15) is 5.82 Å². The van der Waals surface area contributed by atoms with E-state index in [1.165, 1.54) is 12.8 Å². The number of nitrogens with zero attached hydrogens (tertiary/aromatic N) is 3. The van der Waals surface area contributed by atoms with Crippen LogP contribution in [0.4, 0.5) is 14.9 Å². The fourth-order valence-electron chi connectivity index (χ4n) is 3.99. The number of benzene rings is 1. The van der Waals surface area contributed by atoms with Crippen molar-refractivity contribution in [3.63, 3.8) is 0 Å². The van der Waals surface area contributed by atoms with E-state index in [2.05, 4.69) is 15.1 Å². The molecule has 1 atom stereocenters. The summed E-state index contributed by atoms with van der Waals surface area (Å²) in [7, 11) is 0. The summed E-state index contributed by atoms with van der Waals surface area (Å²) in [5.41, 5.74) is 1.85. The van der Waals surface area contributed by atoms with Gasteiger partial charge in [0.2, 0.25) is 0 Å². The zero-order chi connectivity index (χ0) is 15.8. The van der Waals surface area contributed by atoms with Gasteiger partial charge in [-0.3, -0.25) is 4.90 Å². The van der Waals surface area contributed by atoms with Gasteiger partial charge in [-0.2, -0.15) is 0 Å². The predicted molar refractivity (Wildman–Crippen MR) is 87.0 cm³/mol. The fraction of sp³-hybridized carbons (Fsp3) is 0.588. The molecule has 3 aliphatic heterocycles. The summed E-state index contributed by atoms with van der Waals surface area (Å²) in [5, 5.41) is 2.89. The van der Waals surface area contributed by atoms with Crippen LogP contribution in [-0.4, -0.2) is 61.1 Å². The van der Waals surface area contributed by atoms with Gasteiger partial charge in [-0.05, 0) is 25.0 Å². The highest BCUT2D eigenvalue weighted by molar-refractivity contribution is 5.77. The number of halogens is 1. The normalized spacial score (nSPS) is 24.9. The lowest BCUT2D eigenvalue weighted by Gasteiger charge is -2.37. The van der Waals surface area contributed by atoms with E-state index in [1.807, 2.05) is 17.0 Å². The zero-order valence-corrected chi connectivity index (χ0v) is 13.3. The van der Waals surface area contributed by atoms with Crippen molar-refractivity contribution in [1.29, 1.82) is 0 Å². The van der Waals surface area contributed by atoms with Crippen molar-refractivity contribution in [2.45, 2.75) is 25.4 Å². The molecule has 0 radical (unpaired) electrons. The Morgan fingerprint density at radius 2 is 2.00 bits per heavy atom. The summed E-state index contributed by atoms with van der Waals surface area (Å²) in [6.45, 7) is 5.70. The number of hydrogen-bond donors (Lipinski definition) is 1. The van der Waals surface area contributed by atoms with Crippen LogP contribution < -0.4 is 10.2 Å². The molecule has 3 heterocycles. The molecule has 1 aromatic rings. The third-order valence-electron chi connectivity index (χ3n) is 5.24. The number of fused-ring (bicyclic) bond motifs is 1. The molecule has 124 valence electrons. The van der Waals surface area contributed by atoms with E-state index in [-0.39, 0.29) is 17.9 Å². The Morgan fingerprint density at radius 1 is 1.17 bits per heavy atom. The SMILES string of the molecule is O=C1NCC2CN(Cc3c(F)cccc3N3CCCC3)CCN12. The molecule has 0 aliphatic carbocycles. The molecule has 0 spiro atoms. The highest BCUT2D eigenvalue weighted by Gasteiger charge is 2.35. The van der Waals surface area contributed by atoms with Crippen molar-refractivity contribution in [3.8, 4) is 0 Å². The van der Waals surface area contributed by atoms with E-state index in [9.17, 15) is 9.18 Å². The van der Waals surface area contributed by atoms with Crippen LogP contribution in [-0.2, 0) is 6.54 Å². The summed E-state index contributed by atoms with van der Waals surface area (Å²) in [4.78, 5) is 18.2. The first-order valence-electron chi connectivity index (χ1n) is 8.51. The molecule has 2 amide bonds. The van der Waals surface area contributed by atoms with E-state index in [1.54, 1.807) is 6.07 Å². The molecule has 1 unspecified atom stereocenters. The zero-order valence-electron chi connectivity index (χ0n) is 13.3. The van der Waals surface area contributed by atoms with Crippen molar-refractivity contribution >= 4 is 11.7 Å². The number of carbonyl (C=O) groups excluding carboxylic acids is 1. The number of hydrogen-bond acceptors (Lipinski definition) is 3. The Labute approximate surface area is 136 Å². The number of nitrogens with one attached hydrogen (secondary N) is 1. The maximum Gasteiger partial charge on any atom is 0.317 e. The van der Waals surface area contributed by atoms with Crippen LogP contribution in [0.15, 0.2) is 18.2 Å². The second-order valence-corrected chi connectivity index (χ2v) is 6.70. The number of rotatable bonds is 3. The second-order valence-electron chi connectivity index (χ2n) is 6.70. The van der Waals surface area contributed by atoms with Crippen molar-refractivity contribution in [2.24, 2.45) is 0 Å². The molecule has 0 bridgehead atoms. The van der Waals surface area contributed by atoms with Crippen LogP contribution in [0, 0.1) is 5.82 Å². The lowest BCUT2D eigenvalue weighted by molar-refractivity contribution is 0.116. The largest absolute Gasteiger partial charge is 0.371 e. The molecule has 1 N–H and O–H groups in total. The molecule has 0 aromatic heterocycles. The van der Waals surface area contributed by atoms with Crippen LogP contribution in [0.3, 0.4) is 0 Å². The number of anilines is 1. The van der Waals surface area contributed by atoms with Crippen LogP contribution in [0.25, 0.3) is 0 Å². The Morgan fingerprint density at radius 3 is 2.83 bits per heavy atom. The molecule has 6 heteroatoms. The van der Waals surface area contributed by atoms with E-state index < -0.39 is 0 Å².